The molecule has 1 N–H and O–H groups in total. The largest absolute Gasteiger partial charge is 0.497 e. The molecule has 0 radical (unpaired) electrons. The Kier molecular flexibility index (Phi) is 6.12. The first-order chi connectivity index (χ1) is 11.9. The number of benzene rings is 1. The van der Waals surface area contributed by atoms with Gasteiger partial charge in [-0.3, -0.25) is 0 Å². The van der Waals surface area contributed by atoms with Crippen LogP contribution < -0.4 is 19.5 Å². The van der Waals surface area contributed by atoms with Crippen LogP contribution in [0.5, 0.6) is 23.1 Å². The number of nitrogens with zero attached hydrogens (tertiary/aromatic N) is 1. The highest BCUT2D eigenvalue weighted by Crippen LogP contribution is 2.40. The van der Waals surface area contributed by atoms with E-state index in [0.29, 0.717) is 17.7 Å². The second-order valence-electron chi connectivity index (χ2n) is 6.30. The summed E-state index contributed by atoms with van der Waals surface area (Å²) < 4.78 is 17.1. The van der Waals surface area contributed by atoms with Gasteiger partial charge in [0.05, 0.1) is 19.9 Å². The fourth-order valence-corrected chi connectivity index (χ4v) is 2.66. The van der Waals surface area contributed by atoms with Crippen molar-refractivity contribution >= 4 is 5.69 Å². The van der Waals surface area contributed by atoms with Crippen molar-refractivity contribution in [2.24, 2.45) is 0 Å². The van der Waals surface area contributed by atoms with Crippen molar-refractivity contribution < 1.29 is 14.2 Å². The summed E-state index contributed by atoms with van der Waals surface area (Å²) >= 11 is 0. The fourth-order valence-electron chi connectivity index (χ4n) is 2.66. The van der Waals surface area contributed by atoms with Crippen LogP contribution >= 0.6 is 0 Å². The number of rotatable bonds is 7. The fraction of sp³-hybridized carbons (Fsp3) is 0.450. The van der Waals surface area contributed by atoms with Gasteiger partial charge in [-0.1, -0.05) is 6.92 Å². The van der Waals surface area contributed by atoms with Crippen LogP contribution in [0.3, 0.4) is 0 Å². The van der Waals surface area contributed by atoms with Gasteiger partial charge in [0, 0.05) is 11.7 Å². The number of aromatic nitrogens is 1. The zero-order valence-corrected chi connectivity index (χ0v) is 16.2. The summed E-state index contributed by atoms with van der Waals surface area (Å²) in [6, 6.07) is 6.20. The van der Waals surface area contributed by atoms with Crippen LogP contribution in [0.4, 0.5) is 5.69 Å². The van der Waals surface area contributed by atoms with Gasteiger partial charge < -0.3 is 19.5 Å². The Balaban J connectivity index is 2.46. The molecule has 0 aliphatic heterocycles. The van der Waals surface area contributed by atoms with Crippen molar-refractivity contribution in [3.63, 3.8) is 0 Å². The Bertz CT molecular complexity index is 721. The lowest BCUT2D eigenvalue weighted by Crippen LogP contribution is -2.15. The summed E-state index contributed by atoms with van der Waals surface area (Å²) in [5.74, 6) is 2.66. The monoisotopic (exact) mass is 344 g/mol. The van der Waals surface area contributed by atoms with E-state index in [4.69, 9.17) is 14.2 Å². The lowest BCUT2D eigenvalue weighted by Gasteiger charge is -2.20. The molecule has 0 spiro atoms. The maximum Gasteiger partial charge on any atom is 0.265 e. The van der Waals surface area contributed by atoms with Crippen molar-refractivity contribution in [2.45, 2.75) is 47.1 Å². The van der Waals surface area contributed by atoms with Crippen LogP contribution in [0, 0.1) is 20.8 Å². The zero-order chi connectivity index (χ0) is 18.6. The highest BCUT2D eigenvalue weighted by Gasteiger charge is 2.18. The van der Waals surface area contributed by atoms with Gasteiger partial charge in [0.1, 0.15) is 11.5 Å². The van der Waals surface area contributed by atoms with Gasteiger partial charge in [0.2, 0.25) is 5.75 Å². The molecule has 136 valence electrons. The number of pyridine rings is 1. The van der Waals surface area contributed by atoms with Gasteiger partial charge in [-0.25, -0.2) is 4.98 Å². The second-order valence-corrected chi connectivity index (χ2v) is 6.30. The Morgan fingerprint density at radius 1 is 1.00 bits per heavy atom. The van der Waals surface area contributed by atoms with E-state index in [-0.39, 0.29) is 0 Å². The molecule has 5 heteroatoms. The standard InChI is InChI=1S/C20H28N2O3/c1-8-14(4)21-17-11-15(5)22-20(19(17)24-7)25-18-12(2)9-16(23-6)10-13(18)3/h9-11,14H,8H2,1-7H3,(H,21,22). The maximum atomic E-state index is 6.17. The van der Waals surface area contributed by atoms with Gasteiger partial charge in [-0.15, -0.1) is 0 Å². The van der Waals surface area contributed by atoms with Crippen LogP contribution in [0.15, 0.2) is 18.2 Å². The molecule has 2 aromatic rings. The van der Waals surface area contributed by atoms with Crippen LogP contribution in [0.2, 0.25) is 0 Å². The summed E-state index contributed by atoms with van der Waals surface area (Å²) in [6.07, 6.45) is 1.01. The first-order valence-electron chi connectivity index (χ1n) is 8.54. The molecule has 1 heterocycles. The van der Waals surface area contributed by atoms with Crippen LogP contribution in [-0.4, -0.2) is 25.2 Å². The average Bonchev–Trinajstić information content (AvgIpc) is 2.57. The van der Waals surface area contributed by atoms with Crippen LogP contribution in [0.25, 0.3) is 0 Å². The van der Waals surface area contributed by atoms with Crippen molar-refractivity contribution in [3.05, 3.63) is 35.0 Å². The van der Waals surface area contributed by atoms with E-state index in [1.54, 1.807) is 14.2 Å². The van der Waals surface area contributed by atoms with Gasteiger partial charge in [0.15, 0.2) is 0 Å². The molecule has 1 aromatic carbocycles. The summed E-state index contributed by atoms with van der Waals surface area (Å²) in [4.78, 5) is 4.54. The van der Waals surface area contributed by atoms with Crippen molar-refractivity contribution in [1.82, 2.24) is 4.98 Å². The third kappa shape index (κ3) is 4.35. The number of anilines is 1. The van der Waals surface area contributed by atoms with E-state index >= 15 is 0 Å². The Hall–Kier alpha value is -2.43. The van der Waals surface area contributed by atoms with E-state index in [2.05, 4.69) is 24.1 Å². The molecular weight excluding hydrogens is 316 g/mol. The predicted octanol–water partition coefficient (Wildman–Crippen LogP) is 5.03. The summed E-state index contributed by atoms with van der Waals surface area (Å²) in [5, 5.41) is 3.46. The number of aryl methyl sites for hydroxylation is 3. The molecule has 0 bridgehead atoms. The molecular formula is C20H28N2O3. The number of methoxy groups -OCH3 is 2. The van der Waals surface area contributed by atoms with E-state index in [9.17, 15) is 0 Å². The lowest BCUT2D eigenvalue weighted by atomic mass is 10.1. The first-order valence-corrected chi connectivity index (χ1v) is 8.54. The number of nitrogens with one attached hydrogen (secondary N) is 1. The Morgan fingerprint density at radius 3 is 2.16 bits per heavy atom. The second kappa shape index (κ2) is 8.10. The maximum absolute atomic E-state index is 6.17. The molecule has 0 saturated heterocycles. The number of hydrogen-bond donors (Lipinski definition) is 1. The lowest BCUT2D eigenvalue weighted by molar-refractivity contribution is 0.367. The van der Waals surface area contributed by atoms with Crippen LogP contribution in [-0.2, 0) is 0 Å². The van der Waals surface area contributed by atoms with Crippen molar-refractivity contribution in [1.29, 1.82) is 0 Å². The molecule has 5 nitrogen and oxygen atoms in total. The SMILES string of the molecule is CCC(C)Nc1cc(C)nc(Oc2c(C)cc(OC)cc2C)c1OC. The van der Waals surface area contributed by atoms with Gasteiger partial charge in [-0.05, 0) is 63.4 Å². The molecule has 2 rings (SSSR count). The van der Waals surface area contributed by atoms with Crippen LogP contribution in [0.1, 0.15) is 37.1 Å². The molecule has 1 aromatic heterocycles. The topological polar surface area (TPSA) is 52.6 Å². The highest BCUT2D eigenvalue weighted by atomic mass is 16.5. The van der Waals surface area contributed by atoms with Gasteiger partial charge in [-0.2, -0.15) is 0 Å². The van der Waals surface area contributed by atoms with Gasteiger partial charge in [0.25, 0.3) is 5.88 Å². The predicted molar refractivity (Wildman–Crippen MR) is 101 cm³/mol. The summed E-state index contributed by atoms with van der Waals surface area (Å²) in [6.45, 7) is 10.2. The smallest absolute Gasteiger partial charge is 0.265 e. The molecule has 1 atom stereocenters. The molecule has 0 aliphatic rings. The Morgan fingerprint density at radius 2 is 1.64 bits per heavy atom. The Labute approximate surface area is 150 Å². The molecule has 25 heavy (non-hydrogen) atoms. The van der Waals surface area contributed by atoms with Crippen molar-refractivity contribution in [2.75, 3.05) is 19.5 Å². The molecule has 1 unspecified atom stereocenters. The normalized spacial score (nSPS) is 11.8. The molecule has 0 aliphatic carbocycles. The number of ether oxygens (including phenoxy) is 3. The average molecular weight is 344 g/mol. The highest BCUT2D eigenvalue weighted by molar-refractivity contribution is 5.63. The third-order valence-corrected chi connectivity index (χ3v) is 4.16. The minimum Gasteiger partial charge on any atom is -0.497 e. The number of hydrogen-bond acceptors (Lipinski definition) is 5. The van der Waals surface area contributed by atoms with E-state index in [1.807, 2.05) is 39.0 Å². The summed E-state index contributed by atoms with van der Waals surface area (Å²) in [7, 11) is 3.29. The first kappa shape index (κ1) is 18.9. The van der Waals surface area contributed by atoms with Gasteiger partial charge >= 0.3 is 0 Å². The van der Waals surface area contributed by atoms with E-state index in [0.717, 1.165) is 40.4 Å². The van der Waals surface area contributed by atoms with E-state index in [1.165, 1.54) is 0 Å². The quantitative estimate of drug-likeness (QED) is 0.764. The van der Waals surface area contributed by atoms with E-state index < -0.39 is 0 Å². The third-order valence-electron chi connectivity index (χ3n) is 4.16. The minimum absolute atomic E-state index is 0.327. The molecule has 0 saturated carbocycles. The molecule has 0 fully saturated rings. The molecule has 0 amide bonds. The summed E-state index contributed by atoms with van der Waals surface area (Å²) in [5.41, 5.74) is 3.73. The van der Waals surface area contributed by atoms with Crippen molar-refractivity contribution in [3.8, 4) is 23.1 Å². The zero-order valence-electron chi connectivity index (χ0n) is 16.2. The minimum atomic E-state index is 0.327.